The first-order valence-corrected chi connectivity index (χ1v) is 2.06. The summed E-state index contributed by atoms with van der Waals surface area (Å²) in [5, 5.41) is 3.00. The van der Waals surface area contributed by atoms with Gasteiger partial charge in [-0.1, -0.05) is 5.11 Å². The smallest absolute Gasteiger partial charge is 0.126 e. The Bertz CT molecular complexity index is 90.5. The lowest BCUT2D eigenvalue weighted by atomic mass is 10.8. The van der Waals surface area contributed by atoms with Gasteiger partial charge in [0.15, 0.2) is 0 Å². The topological polar surface area (TPSA) is 58.0 Å². The van der Waals surface area contributed by atoms with E-state index in [1.54, 1.807) is 0 Å². The van der Waals surface area contributed by atoms with Gasteiger partial charge in [0.2, 0.25) is 0 Å². The minimum Gasteiger partial charge on any atom is -0.373 e. The molecule has 0 fully saturated rings. The predicted molar refractivity (Wildman–Crippen MR) is 25.9 cm³/mol. The molecule has 0 saturated heterocycles. The summed E-state index contributed by atoms with van der Waals surface area (Å²) >= 11 is 0. The Kier molecular flexibility index (Phi) is 5.58. The Morgan fingerprint density at radius 2 is 2.50 bits per heavy atom. The van der Waals surface area contributed by atoms with Gasteiger partial charge in [0, 0.05) is 4.91 Å². The van der Waals surface area contributed by atoms with Crippen LogP contribution in [-0.4, -0.2) is 20.0 Å². The molecule has 0 saturated carbocycles. The molecule has 0 spiro atoms. The van der Waals surface area contributed by atoms with Crippen molar-refractivity contribution >= 4 is 0 Å². The predicted octanol–water partition coefficient (Wildman–Crippen LogP) is 1.24. The number of alkyl halides is 1. The molecule has 0 heterocycles. The average molecular weight is 118 g/mol. The lowest BCUT2D eigenvalue weighted by Gasteiger charge is -1.90. The summed E-state index contributed by atoms with van der Waals surface area (Å²) in [6.07, 6.45) is 0. The minimum atomic E-state index is -0.541. The first kappa shape index (κ1) is 7.20. The summed E-state index contributed by atoms with van der Waals surface area (Å²) < 4.78 is 15.6. The van der Waals surface area contributed by atoms with Crippen LogP contribution in [0.25, 0.3) is 10.4 Å². The van der Waals surface area contributed by atoms with Gasteiger partial charge in [-0.2, -0.15) is 0 Å². The standard InChI is InChI=1S/C3H6FN3O/c4-1-2-8-3-6-7-5/h1-3H2/i4-1. The van der Waals surface area contributed by atoms with E-state index in [0.717, 1.165) is 0 Å². The summed E-state index contributed by atoms with van der Waals surface area (Å²) in [6.45, 7) is -0.625. The fourth-order valence-corrected chi connectivity index (χ4v) is 0.186. The Hall–Kier alpha value is -0.800. The number of azide groups is 1. The van der Waals surface area contributed by atoms with E-state index >= 15 is 0 Å². The summed E-state index contributed by atoms with van der Waals surface area (Å²) in [5.74, 6) is 0. The van der Waals surface area contributed by atoms with Gasteiger partial charge in [-0.05, 0) is 5.53 Å². The molecular weight excluding hydrogens is 112 g/mol. The molecule has 0 aromatic rings. The second-order valence-corrected chi connectivity index (χ2v) is 0.957. The van der Waals surface area contributed by atoms with Crippen molar-refractivity contribution in [2.24, 2.45) is 5.11 Å². The van der Waals surface area contributed by atoms with Crippen molar-refractivity contribution in [3.63, 3.8) is 0 Å². The Balaban J connectivity index is 2.82. The van der Waals surface area contributed by atoms with Gasteiger partial charge in [-0.15, -0.1) is 0 Å². The highest BCUT2D eigenvalue weighted by Crippen LogP contribution is 1.76. The van der Waals surface area contributed by atoms with E-state index < -0.39 is 6.67 Å². The van der Waals surface area contributed by atoms with Crippen LogP contribution in [0.5, 0.6) is 0 Å². The third-order valence-electron chi connectivity index (χ3n) is 0.434. The number of hydrogen-bond donors (Lipinski definition) is 0. The van der Waals surface area contributed by atoms with Gasteiger partial charge in [0.1, 0.15) is 13.4 Å². The van der Waals surface area contributed by atoms with Crippen molar-refractivity contribution in [3.8, 4) is 0 Å². The van der Waals surface area contributed by atoms with E-state index in [-0.39, 0.29) is 13.3 Å². The van der Waals surface area contributed by atoms with Gasteiger partial charge < -0.3 is 4.74 Å². The zero-order chi connectivity index (χ0) is 6.24. The summed E-state index contributed by atoms with van der Waals surface area (Å²) in [6, 6.07) is 0. The van der Waals surface area contributed by atoms with Crippen LogP contribution >= 0.6 is 0 Å². The van der Waals surface area contributed by atoms with Crippen molar-refractivity contribution in [2.45, 2.75) is 0 Å². The number of rotatable bonds is 4. The molecule has 0 rings (SSSR count). The molecule has 0 atom stereocenters. The lowest BCUT2D eigenvalue weighted by molar-refractivity contribution is 0.125. The Morgan fingerprint density at radius 3 is 3.00 bits per heavy atom. The Morgan fingerprint density at radius 1 is 1.75 bits per heavy atom. The number of halogens is 1. The normalized spacial score (nSPS) is 8.12. The third kappa shape index (κ3) is 5.20. The van der Waals surface area contributed by atoms with Gasteiger partial charge in [0.05, 0.1) is 6.61 Å². The molecule has 0 radical (unpaired) electrons. The number of ether oxygens (including phenoxy) is 1. The molecule has 0 aliphatic heterocycles. The van der Waals surface area contributed by atoms with Gasteiger partial charge in [-0.3, -0.25) is 0 Å². The van der Waals surface area contributed by atoms with E-state index in [1.807, 2.05) is 0 Å². The number of nitrogens with zero attached hydrogens (tertiary/aromatic N) is 3. The zero-order valence-electron chi connectivity index (χ0n) is 4.25. The zero-order valence-corrected chi connectivity index (χ0v) is 4.25. The van der Waals surface area contributed by atoms with Crippen molar-refractivity contribution in [3.05, 3.63) is 10.4 Å². The largest absolute Gasteiger partial charge is 0.373 e. The Labute approximate surface area is 45.9 Å². The monoisotopic (exact) mass is 118 g/mol. The molecule has 0 N–H and O–H groups in total. The SMILES string of the molecule is [N-]=[N+]=NCOCC[18F]. The van der Waals surface area contributed by atoms with Crippen LogP contribution in [0.2, 0.25) is 0 Å². The fraction of sp³-hybridized carbons (Fsp3) is 1.00. The quantitative estimate of drug-likeness (QED) is 0.237. The summed E-state index contributed by atoms with van der Waals surface area (Å²) in [7, 11) is 0. The van der Waals surface area contributed by atoms with E-state index in [2.05, 4.69) is 14.8 Å². The maximum absolute atomic E-state index is 11.2. The maximum Gasteiger partial charge on any atom is 0.126 e. The molecule has 5 heteroatoms. The molecule has 8 heavy (non-hydrogen) atoms. The summed E-state index contributed by atoms with van der Waals surface area (Å²) in [5.41, 5.74) is 7.65. The van der Waals surface area contributed by atoms with Crippen LogP contribution in [0.1, 0.15) is 0 Å². The van der Waals surface area contributed by atoms with Gasteiger partial charge in [0.25, 0.3) is 0 Å². The van der Waals surface area contributed by atoms with Crippen LogP contribution in [0.15, 0.2) is 5.11 Å². The lowest BCUT2D eigenvalue weighted by Crippen LogP contribution is -1.94. The average Bonchev–Trinajstić information content (AvgIpc) is 1.81. The minimum absolute atomic E-state index is 0.000972. The molecule has 0 aromatic carbocycles. The first-order valence-electron chi connectivity index (χ1n) is 2.06. The molecule has 0 amide bonds. The number of hydrogen-bond acceptors (Lipinski definition) is 2. The molecule has 0 aromatic heterocycles. The van der Waals surface area contributed by atoms with Crippen LogP contribution < -0.4 is 0 Å². The fourth-order valence-electron chi connectivity index (χ4n) is 0.186. The van der Waals surface area contributed by atoms with Crippen molar-refractivity contribution in [1.29, 1.82) is 0 Å². The van der Waals surface area contributed by atoms with E-state index in [1.165, 1.54) is 0 Å². The maximum atomic E-state index is 11.2. The molecule has 0 aliphatic carbocycles. The van der Waals surface area contributed by atoms with E-state index in [4.69, 9.17) is 5.53 Å². The van der Waals surface area contributed by atoms with Crippen LogP contribution in [-0.2, 0) is 4.74 Å². The van der Waals surface area contributed by atoms with Crippen molar-refractivity contribution in [2.75, 3.05) is 20.0 Å². The second-order valence-electron chi connectivity index (χ2n) is 0.957. The van der Waals surface area contributed by atoms with E-state index in [9.17, 15) is 4.39 Å². The highest BCUT2D eigenvalue weighted by molar-refractivity contribution is 4.35. The highest BCUT2D eigenvalue weighted by atomic mass is 18.2. The van der Waals surface area contributed by atoms with Crippen molar-refractivity contribution in [1.82, 2.24) is 0 Å². The van der Waals surface area contributed by atoms with Crippen molar-refractivity contribution < 1.29 is 9.13 Å². The van der Waals surface area contributed by atoms with Crippen LogP contribution in [0.3, 0.4) is 0 Å². The van der Waals surface area contributed by atoms with E-state index in [0.29, 0.717) is 0 Å². The van der Waals surface area contributed by atoms with Crippen LogP contribution in [0, 0.1) is 0 Å². The molecule has 0 aliphatic rings. The highest BCUT2D eigenvalue weighted by Gasteiger charge is 1.79. The second kappa shape index (κ2) is 6.20. The molecule has 0 unspecified atom stereocenters. The molecular formula is C3H6FN3O. The van der Waals surface area contributed by atoms with Gasteiger partial charge in [-0.25, -0.2) is 4.39 Å². The third-order valence-corrected chi connectivity index (χ3v) is 0.434. The van der Waals surface area contributed by atoms with Crippen LogP contribution in [0.4, 0.5) is 4.39 Å². The summed E-state index contributed by atoms with van der Waals surface area (Å²) in [4.78, 5) is 2.39. The van der Waals surface area contributed by atoms with Gasteiger partial charge >= 0.3 is 0 Å². The molecule has 0 bridgehead atoms. The molecule has 46 valence electrons. The first-order chi connectivity index (χ1) is 3.91. The molecule has 4 nitrogen and oxygen atoms in total.